The number of hydrogen-bond acceptors (Lipinski definition) is 2. The Morgan fingerprint density at radius 3 is 2.46 bits per heavy atom. The van der Waals surface area contributed by atoms with Gasteiger partial charge in [-0.05, 0) is 23.8 Å². The zero-order chi connectivity index (χ0) is 17.7. The van der Waals surface area contributed by atoms with Gasteiger partial charge in [-0.25, -0.2) is 4.79 Å². The minimum atomic E-state index is -1.07. The number of halogens is 1. The Kier molecular flexibility index (Phi) is 5.62. The summed E-state index contributed by atoms with van der Waals surface area (Å²) >= 11 is 6.02. The molecule has 0 unspecified atom stereocenters. The molecule has 0 spiro atoms. The molecule has 0 fully saturated rings. The van der Waals surface area contributed by atoms with Crippen LogP contribution in [0.5, 0.6) is 0 Å². The van der Waals surface area contributed by atoms with Gasteiger partial charge in [0.25, 0.3) is 5.91 Å². The maximum Gasteiger partial charge on any atom is 0.326 e. The molecule has 0 saturated heterocycles. The minimum Gasteiger partial charge on any atom is -0.480 e. The summed E-state index contributed by atoms with van der Waals surface area (Å²) < 4.78 is 0. The maximum absolute atomic E-state index is 12.6. The zero-order valence-electron chi connectivity index (χ0n) is 13.1. The fourth-order valence-electron chi connectivity index (χ4n) is 2.34. The molecular formula is C19H16ClNO3. The molecule has 0 aliphatic rings. The third kappa shape index (κ3) is 3.95. The molecule has 0 aliphatic heterocycles. The SMILES string of the molecule is C#Cc1ccc(C(=O)N(C)[C@@H](Cc2ccccc2)C(=O)O)cc1Cl. The number of likely N-dealkylation sites (N-methyl/N-ethyl adjacent to an activating group) is 1. The Balaban J connectivity index is 2.24. The van der Waals surface area contributed by atoms with Gasteiger partial charge in [0, 0.05) is 24.6 Å². The van der Waals surface area contributed by atoms with Gasteiger partial charge in [-0.2, -0.15) is 0 Å². The van der Waals surface area contributed by atoms with E-state index >= 15 is 0 Å². The van der Waals surface area contributed by atoms with Crippen molar-refractivity contribution in [2.75, 3.05) is 7.05 Å². The predicted molar refractivity (Wildman–Crippen MR) is 93.1 cm³/mol. The highest BCUT2D eigenvalue weighted by atomic mass is 35.5. The van der Waals surface area contributed by atoms with Crippen molar-refractivity contribution in [2.45, 2.75) is 12.5 Å². The second-order valence-electron chi connectivity index (χ2n) is 5.30. The summed E-state index contributed by atoms with van der Waals surface area (Å²) in [6.07, 6.45) is 5.52. The van der Waals surface area contributed by atoms with Crippen LogP contribution in [0.3, 0.4) is 0 Å². The van der Waals surface area contributed by atoms with Crippen LogP contribution >= 0.6 is 11.6 Å². The molecule has 2 aromatic rings. The number of carbonyl (C=O) groups excluding carboxylic acids is 1. The summed E-state index contributed by atoms with van der Waals surface area (Å²) in [6.45, 7) is 0. The van der Waals surface area contributed by atoms with Crippen LogP contribution in [0.25, 0.3) is 0 Å². The normalized spacial score (nSPS) is 11.4. The third-order valence-corrected chi connectivity index (χ3v) is 4.03. The number of aliphatic carboxylic acids is 1. The summed E-state index contributed by atoms with van der Waals surface area (Å²) in [7, 11) is 1.47. The van der Waals surface area contributed by atoms with Crippen LogP contribution in [0, 0.1) is 12.3 Å². The lowest BCUT2D eigenvalue weighted by Gasteiger charge is -2.25. The van der Waals surface area contributed by atoms with Crippen LogP contribution in [0.2, 0.25) is 5.02 Å². The average Bonchev–Trinajstić information content (AvgIpc) is 2.59. The Bertz CT molecular complexity index is 796. The van der Waals surface area contributed by atoms with Crippen LogP contribution in [0.1, 0.15) is 21.5 Å². The summed E-state index contributed by atoms with van der Waals surface area (Å²) in [4.78, 5) is 25.4. The van der Waals surface area contributed by atoms with E-state index in [1.165, 1.54) is 18.0 Å². The lowest BCUT2D eigenvalue weighted by molar-refractivity contribution is -0.141. The summed E-state index contributed by atoms with van der Waals surface area (Å²) in [5.74, 6) is 0.918. The van der Waals surface area contributed by atoms with Crippen molar-refractivity contribution < 1.29 is 14.7 Å². The maximum atomic E-state index is 12.6. The number of nitrogens with zero attached hydrogens (tertiary/aromatic N) is 1. The van der Waals surface area contributed by atoms with Gasteiger partial charge < -0.3 is 10.0 Å². The number of carboxylic acids is 1. The van der Waals surface area contributed by atoms with Crippen molar-refractivity contribution in [2.24, 2.45) is 0 Å². The van der Waals surface area contributed by atoms with Crippen molar-refractivity contribution in [3.05, 3.63) is 70.2 Å². The molecule has 0 bridgehead atoms. The van der Waals surface area contributed by atoms with Crippen LogP contribution in [0.4, 0.5) is 0 Å². The van der Waals surface area contributed by atoms with Gasteiger partial charge in [0.2, 0.25) is 0 Å². The Hall–Kier alpha value is -2.77. The predicted octanol–water partition coefficient (Wildman–Crippen LogP) is 3.09. The first-order valence-corrected chi connectivity index (χ1v) is 7.62. The van der Waals surface area contributed by atoms with Gasteiger partial charge >= 0.3 is 5.97 Å². The summed E-state index contributed by atoms with van der Waals surface area (Å²) in [5, 5.41) is 9.78. The molecule has 5 heteroatoms. The Morgan fingerprint density at radius 1 is 1.25 bits per heavy atom. The number of hydrogen-bond donors (Lipinski definition) is 1. The molecule has 2 rings (SSSR count). The van der Waals surface area contributed by atoms with Crippen molar-refractivity contribution in [3.63, 3.8) is 0 Å². The monoisotopic (exact) mass is 341 g/mol. The number of rotatable bonds is 5. The highest BCUT2D eigenvalue weighted by Gasteiger charge is 2.27. The van der Waals surface area contributed by atoms with E-state index in [4.69, 9.17) is 18.0 Å². The zero-order valence-corrected chi connectivity index (χ0v) is 13.8. The van der Waals surface area contributed by atoms with Crippen molar-refractivity contribution in [1.29, 1.82) is 0 Å². The fraction of sp³-hybridized carbons (Fsp3) is 0.158. The number of benzene rings is 2. The second kappa shape index (κ2) is 7.67. The molecule has 4 nitrogen and oxygen atoms in total. The highest BCUT2D eigenvalue weighted by molar-refractivity contribution is 6.32. The van der Waals surface area contributed by atoms with Gasteiger partial charge in [-0.1, -0.05) is 47.9 Å². The highest BCUT2D eigenvalue weighted by Crippen LogP contribution is 2.19. The molecule has 1 N–H and O–H groups in total. The van der Waals surface area contributed by atoms with E-state index in [0.717, 1.165) is 5.56 Å². The summed E-state index contributed by atoms with van der Waals surface area (Å²) in [6, 6.07) is 12.7. The third-order valence-electron chi connectivity index (χ3n) is 3.72. The van der Waals surface area contributed by atoms with Gasteiger partial charge in [-0.15, -0.1) is 6.42 Å². The van der Waals surface area contributed by atoms with E-state index in [-0.39, 0.29) is 11.4 Å². The van der Waals surface area contributed by atoms with Crippen molar-refractivity contribution in [1.82, 2.24) is 4.90 Å². The molecule has 0 aromatic heterocycles. The van der Waals surface area contributed by atoms with Crippen LogP contribution in [-0.4, -0.2) is 35.0 Å². The molecule has 1 atom stereocenters. The van der Waals surface area contributed by atoms with E-state index in [9.17, 15) is 14.7 Å². The molecule has 2 aromatic carbocycles. The van der Waals surface area contributed by atoms with E-state index in [0.29, 0.717) is 11.1 Å². The Morgan fingerprint density at radius 2 is 1.92 bits per heavy atom. The first-order chi connectivity index (χ1) is 11.4. The van der Waals surface area contributed by atoms with Crippen molar-refractivity contribution in [3.8, 4) is 12.3 Å². The smallest absolute Gasteiger partial charge is 0.326 e. The largest absolute Gasteiger partial charge is 0.480 e. The van der Waals surface area contributed by atoms with Crippen LogP contribution < -0.4 is 0 Å². The van der Waals surface area contributed by atoms with Gasteiger partial charge in [-0.3, -0.25) is 4.79 Å². The van der Waals surface area contributed by atoms with E-state index in [2.05, 4.69) is 5.92 Å². The van der Waals surface area contributed by atoms with E-state index in [1.807, 2.05) is 30.3 Å². The number of carboxylic acid groups (broad SMARTS) is 1. The molecule has 0 radical (unpaired) electrons. The Labute approximate surface area is 145 Å². The molecule has 0 heterocycles. The van der Waals surface area contributed by atoms with Crippen LogP contribution in [0.15, 0.2) is 48.5 Å². The second-order valence-corrected chi connectivity index (χ2v) is 5.71. The molecule has 0 saturated carbocycles. The minimum absolute atomic E-state index is 0.217. The number of terminal acetylenes is 1. The topological polar surface area (TPSA) is 57.6 Å². The van der Waals surface area contributed by atoms with E-state index in [1.54, 1.807) is 12.1 Å². The van der Waals surface area contributed by atoms with E-state index < -0.39 is 17.9 Å². The lowest BCUT2D eigenvalue weighted by atomic mass is 10.0. The average molecular weight is 342 g/mol. The number of carbonyl (C=O) groups is 2. The fourth-order valence-corrected chi connectivity index (χ4v) is 2.57. The molecular weight excluding hydrogens is 326 g/mol. The molecule has 24 heavy (non-hydrogen) atoms. The molecule has 0 aliphatic carbocycles. The van der Waals surface area contributed by atoms with Gasteiger partial charge in [0.15, 0.2) is 0 Å². The van der Waals surface area contributed by atoms with Gasteiger partial charge in [0.1, 0.15) is 6.04 Å². The first-order valence-electron chi connectivity index (χ1n) is 7.24. The molecule has 122 valence electrons. The summed E-state index contributed by atoms with van der Waals surface area (Å²) in [5.41, 5.74) is 1.61. The van der Waals surface area contributed by atoms with Gasteiger partial charge in [0.05, 0.1) is 5.02 Å². The first kappa shape index (κ1) is 17.6. The number of amides is 1. The quantitative estimate of drug-likeness (QED) is 0.850. The van der Waals surface area contributed by atoms with Crippen LogP contribution in [-0.2, 0) is 11.2 Å². The molecule has 1 amide bonds. The standard InChI is InChI=1S/C19H16ClNO3/c1-3-14-9-10-15(12-16(14)20)18(22)21(2)17(19(23)24)11-13-7-5-4-6-8-13/h1,4-10,12,17H,11H2,2H3,(H,23,24)/t17-/m0/s1. The van der Waals surface area contributed by atoms with Crippen molar-refractivity contribution >= 4 is 23.5 Å². The lowest BCUT2D eigenvalue weighted by Crippen LogP contribution is -2.43.